The molecule has 0 radical (unpaired) electrons. The van der Waals surface area contributed by atoms with Crippen molar-refractivity contribution in [2.24, 2.45) is 5.14 Å². The Morgan fingerprint density at radius 2 is 1.96 bits per heavy atom. The first-order valence-corrected chi connectivity index (χ1v) is 8.85. The lowest BCUT2D eigenvalue weighted by atomic mass is 10.1. The maximum atomic E-state index is 12.2. The maximum absolute atomic E-state index is 12.2. The van der Waals surface area contributed by atoms with Crippen LogP contribution < -0.4 is 10.5 Å². The minimum atomic E-state index is -3.84. The Morgan fingerprint density at radius 1 is 1.22 bits per heavy atom. The van der Waals surface area contributed by atoms with E-state index in [2.05, 4.69) is 5.32 Å². The van der Waals surface area contributed by atoms with Gasteiger partial charge >= 0.3 is 0 Å². The summed E-state index contributed by atoms with van der Waals surface area (Å²) in [7, 11) is -3.84. The molecule has 0 aliphatic rings. The van der Waals surface area contributed by atoms with Crippen molar-refractivity contribution >= 4 is 27.5 Å². The van der Waals surface area contributed by atoms with E-state index in [-0.39, 0.29) is 16.4 Å². The summed E-state index contributed by atoms with van der Waals surface area (Å²) in [4.78, 5) is 12.1. The number of halogens is 1. The minimum absolute atomic E-state index is 0.0718. The largest absolute Gasteiger partial charge is 0.352 e. The van der Waals surface area contributed by atoms with Crippen molar-refractivity contribution in [1.82, 2.24) is 5.32 Å². The number of carbonyl (C=O) groups excluding carboxylic acids is 1. The van der Waals surface area contributed by atoms with Crippen molar-refractivity contribution in [1.29, 1.82) is 0 Å². The van der Waals surface area contributed by atoms with E-state index < -0.39 is 10.0 Å². The molecule has 2 aromatic carbocycles. The van der Waals surface area contributed by atoms with Gasteiger partial charge in [0.15, 0.2) is 0 Å². The third kappa shape index (κ3) is 5.06. The number of nitrogens with one attached hydrogen (secondary N) is 1. The first kappa shape index (κ1) is 17.5. The van der Waals surface area contributed by atoms with E-state index in [4.69, 9.17) is 16.7 Å². The average Bonchev–Trinajstić information content (AvgIpc) is 2.45. The van der Waals surface area contributed by atoms with Gasteiger partial charge in [-0.3, -0.25) is 4.79 Å². The van der Waals surface area contributed by atoms with Crippen LogP contribution in [0.25, 0.3) is 0 Å². The van der Waals surface area contributed by atoms with E-state index in [0.717, 1.165) is 5.56 Å². The van der Waals surface area contributed by atoms with Crippen LogP contribution in [-0.4, -0.2) is 20.9 Å². The van der Waals surface area contributed by atoms with Gasteiger partial charge in [-0.2, -0.15) is 0 Å². The van der Waals surface area contributed by atoms with Crippen LogP contribution in [0.4, 0.5) is 0 Å². The number of aryl methyl sites for hydroxylation is 1. The first-order chi connectivity index (χ1) is 10.8. The van der Waals surface area contributed by atoms with Crippen molar-refractivity contribution < 1.29 is 13.2 Å². The van der Waals surface area contributed by atoms with Crippen LogP contribution in [0.3, 0.4) is 0 Å². The molecular weight excluding hydrogens is 336 g/mol. The Kier molecular flexibility index (Phi) is 5.41. The smallest absolute Gasteiger partial charge is 0.251 e. The number of carbonyl (C=O) groups is 1. The quantitative estimate of drug-likeness (QED) is 0.865. The second kappa shape index (κ2) is 7.12. The number of amides is 1. The average molecular weight is 353 g/mol. The number of benzene rings is 2. The molecule has 0 heterocycles. The highest BCUT2D eigenvalue weighted by molar-refractivity contribution is 7.89. The number of primary sulfonamides is 1. The van der Waals surface area contributed by atoms with Crippen molar-refractivity contribution in [3.05, 3.63) is 64.2 Å². The number of hydrogen-bond acceptors (Lipinski definition) is 3. The minimum Gasteiger partial charge on any atom is -0.352 e. The zero-order valence-corrected chi connectivity index (χ0v) is 14.1. The summed E-state index contributed by atoms with van der Waals surface area (Å²) in [5.74, 6) is -0.347. The monoisotopic (exact) mass is 352 g/mol. The predicted octanol–water partition coefficient (Wildman–Crippen LogP) is 2.27. The zero-order chi connectivity index (χ0) is 17.0. The standard InChI is InChI=1S/C16H17ClN2O3S/c1-11-7-13(10-15(8-11)23(18,21)22)16(20)19-6-5-12-3-2-4-14(17)9-12/h2-4,7-10H,5-6H2,1H3,(H,19,20)(H2,18,21,22). The summed E-state index contributed by atoms with van der Waals surface area (Å²) in [6.45, 7) is 2.12. The number of sulfonamides is 1. The summed E-state index contributed by atoms with van der Waals surface area (Å²) in [6.07, 6.45) is 0.625. The van der Waals surface area contributed by atoms with Gasteiger partial charge in [0.2, 0.25) is 10.0 Å². The molecule has 23 heavy (non-hydrogen) atoms. The molecule has 5 nitrogen and oxygen atoms in total. The highest BCUT2D eigenvalue weighted by Gasteiger charge is 2.13. The molecule has 2 rings (SSSR count). The summed E-state index contributed by atoms with van der Waals surface area (Å²) in [6, 6.07) is 11.7. The van der Waals surface area contributed by atoms with Gasteiger partial charge in [0.25, 0.3) is 5.91 Å². The van der Waals surface area contributed by atoms with Crippen LogP contribution in [0.1, 0.15) is 21.5 Å². The first-order valence-electron chi connectivity index (χ1n) is 6.93. The van der Waals surface area contributed by atoms with Crippen molar-refractivity contribution in [2.75, 3.05) is 6.54 Å². The Hall–Kier alpha value is -1.89. The van der Waals surface area contributed by atoms with Crippen LogP contribution in [0, 0.1) is 6.92 Å². The van der Waals surface area contributed by atoms with Crippen LogP contribution in [0.5, 0.6) is 0 Å². The normalized spacial score (nSPS) is 11.3. The second-order valence-electron chi connectivity index (χ2n) is 5.22. The fourth-order valence-corrected chi connectivity index (χ4v) is 3.01. The molecule has 0 aliphatic heterocycles. The van der Waals surface area contributed by atoms with E-state index in [1.165, 1.54) is 12.1 Å². The molecule has 0 fully saturated rings. The van der Waals surface area contributed by atoms with Crippen LogP contribution in [-0.2, 0) is 16.4 Å². The van der Waals surface area contributed by atoms with Gasteiger partial charge < -0.3 is 5.32 Å². The lowest BCUT2D eigenvalue weighted by Gasteiger charge is -2.08. The summed E-state index contributed by atoms with van der Waals surface area (Å²) < 4.78 is 22.8. The molecule has 0 bridgehead atoms. The third-order valence-electron chi connectivity index (χ3n) is 3.23. The molecule has 0 spiro atoms. The Morgan fingerprint density at radius 3 is 2.61 bits per heavy atom. The van der Waals surface area contributed by atoms with Gasteiger partial charge in [0.05, 0.1) is 4.90 Å². The van der Waals surface area contributed by atoms with E-state index in [1.54, 1.807) is 19.1 Å². The number of hydrogen-bond donors (Lipinski definition) is 2. The van der Waals surface area contributed by atoms with Crippen LogP contribution >= 0.6 is 11.6 Å². The Bertz CT molecular complexity index is 835. The van der Waals surface area contributed by atoms with Crippen LogP contribution in [0.2, 0.25) is 5.02 Å². The molecule has 3 N–H and O–H groups in total. The van der Waals surface area contributed by atoms with Gasteiger partial charge in [0.1, 0.15) is 0 Å². The third-order valence-corrected chi connectivity index (χ3v) is 4.36. The van der Waals surface area contributed by atoms with Gasteiger partial charge in [-0.25, -0.2) is 13.6 Å². The molecule has 7 heteroatoms. The fourth-order valence-electron chi connectivity index (χ4n) is 2.16. The van der Waals surface area contributed by atoms with Gasteiger partial charge in [0, 0.05) is 17.1 Å². The zero-order valence-electron chi connectivity index (χ0n) is 12.5. The van der Waals surface area contributed by atoms with E-state index in [1.807, 2.05) is 18.2 Å². The van der Waals surface area contributed by atoms with E-state index >= 15 is 0 Å². The molecular formula is C16H17ClN2O3S. The molecule has 0 aromatic heterocycles. The van der Waals surface area contributed by atoms with Crippen LogP contribution in [0.15, 0.2) is 47.4 Å². The molecule has 122 valence electrons. The summed E-state index contributed by atoms with van der Waals surface area (Å²) in [5.41, 5.74) is 1.92. The van der Waals surface area contributed by atoms with E-state index in [9.17, 15) is 13.2 Å². The number of rotatable bonds is 5. The fraction of sp³-hybridized carbons (Fsp3) is 0.188. The van der Waals surface area contributed by atoms with Crippen molar-refractivity contribution in [3.8, 4) is 0 Å². The Balaban J connectivity index is 2.05. The molecule has 1 amide bonds. The molecule has 0 atom stereocenters. The SMILES string of the molecule is Cc1cc(C(=O)NCCc2cccc(Cl)c2)cc(S(N)(=O)=O)c1. The molecule has 0 unspecified atom stereocenters. The van der Waals surface area contributed by atoms with Gasteiger partial charge in [-0.05, 0) is 54.8 Å². The maximum Gasteiger partial charge on any atom is 0.251 e. The lowest BCUT2D eigenvalue weighted by Crippen LogP contribution is -2.26. The molecule has 0 saturated carbocycles. The number of nitrogens with two attached hydrogens (primary N) is 1. The predicted molar refractivity (Wildman–Crippen MR) is 90.0 cm³/mol. The topological polar surface area (TPSA) is 89.3 Å². The summed E-state index contributed by atoms with van der Waals surface area (Å²) >= 11 is 5.90. The highest BCUT2D eigenvalue weighted by Crippen LogP contribution is 2.14. The molecule has 0 aliphatic carbocycles. The lowest BCUT2D eigenvalue weighted by molar-refractivity contribution is 0.0954. The molecule has 0 saturated heterocycles. The molecule has 2 aromatic rings. The van der Waals surface area contributed by atoms with Crippen molar-refractivity contribution in [2.45, 2.75) is 18.2 Å². The Labute approximate surface area is 140 Å². The summed E-state index contributed by atoms with van der Waals surface area (Å²) in [5, 5.41) is 8.51. The second-order valence-corrected chi connectivity index (χ2v) is 7.21. The van der Waals surface area contributed by atoms with E-state index in [0.29, 0.717) is 23.6 Å². The van der Waals surface area contributed by atoms with Gasteiger partial charge in [-0.15, -0.1) is 0 Å². The van der Waals surface area contributed by atoms with Gasteiger partial charge in [-0.1, -0.05) is 23.7 Å². The highest BCUT2D eigenvalue weighted by atomic mass is 35.5. The van der Waals surface area contributed by atoms with Crippen molar-refractivity contribution in [3.63, 3.8) is 0 Å².